The zero-order chi connectivity index (χ0) is 37.2. The number of nitrogens with one attached hydrogen (secondary N) is 1. The highest BCUT2D eigenvalue weighted by Crippen LogP contribution is 2.38. The zero-order valence-corrected chi connectivity index (χ0v) is 30.7. The van der Waals surface area contributed by atoms with Gasteiger partial charge in [0, 0.05) is 89.6 Å². The number of rotatable bonds is 9. The van der Waals surface area contributed by atoms with Crippen LogP contribution < -0.4 is 25.2 Å². The molecule has 53 heavy (non-hydrogen) atoms. The first kappa shape index (κ1) is 36.1. The van der Waals surface area contributed by atoms with E-state index in [0.717, 1.165) is 77.9 Å². The lowest BCUT2D eigenvalue weighted by Gasteiger charge is -2.37. The van der Waals surface area contributed by atoms with Gasteiger partial charge in [0.15, 0.2) is 0 Å². The number of nitrogens with zero attached hydrogens (tertiary/aromatic N) is 5. The van der Waals surface area contributed by atoms with Crippen molar-refractivity contribution >= 4 is 34.3 Å². The number of pyridine rings is 2. The van der Waals surface area contributed by atoms with Crippen molar-refractivity contribution in [1.82, 2.24) is 24.7 Å². The molecule has 0 atom stereocenters. The minimum atomic E-state index is -0.460. The predicted octanol–water partition coefficient (Wildman–Crippen LogP) is 4.90. The highest BCUT2D eigenvalue weighted by molar-refractivity contribution is 6.06. The van der Waals surface area contributed by atoms with E-state index in [1.807, 2.05) is 42.3 Å². The molecule has 2 aromatic carbocycles. The lowest BCUT2D eigenvalue weighted by Crippen LogP contribution is -2.50. The molecule has 0 bridgehead atoms. The van der Waals surface area contributed by atoms with Crippen LogP contribution in [0.3, 0.4) is 0 Å². The number of piperidine rings is 2. The van der Waals surface area contributed by atoms with E-state index in [4.69, 9.17) is 14.2 Å². The van der Waals surface area contributed by atoms with Gasteiger partial charge in [-0.2, -0.15) is 0 Å². The number of likely N-dealkylation sites (tertiary alicyclic amines) is 2. The van der Waals surface area contributed by atoms with Gasteiger partial charge in [0.2, 0.25) is 5.91 Å². The maximum atomic E-state index is 13.5. The topological polar surface area (TPSA) is 136 Å². The number of aryl methyl sites for hydroxylation is 2. The summed E-state index contributed by atoms with van der Waals surface area (Å²) in [6.45, 7) is 5.79. The van der Waals surface area contributed by atoms with Gasteiger partial charge >= 0.3 is 6.03 Å². The van der Waals surface area contributed by atoms with Crippen LogP contribution in [0.15, 0.2) is 59.8 Å². The molecule has 13 nitrogen and oxygen atoms in total. The fourth-order valence-electron chi connectivity index (χ4n) is 7.74. The number of benzene rings is 2. The van der Waals surface area contributed by atoms with Crippen LogP contribution in [0.5, 0.6) is 11.5 Å². The minimum absolute atomic E-state index is 0. The molecule has 13 heteroatoms. The smallest absolute Gasteiger partial charge is 0.328 e. The quantitative estimate of drug-likeness (QED) is 0.256. The van der Waals surface area contributed by atoms with Gasteiger partial charge in [-0.3, -0.25) is 34.5 Å². The Hall–Kier alpha value is -5.27. The highest BCUT2D eigenvalue weighted by atomic mass is 16.5. The van der Waals surface area contributed by atoms with Gasteiger partial charge in [0.25, 0.3) is 11.5 Å². The van der Waals surface area contributed by atoms with Crippen molar-refractivity contribution in [3.8, 4) is 22.6 Å². The number of fused-ring (bicyclic) bond motifs is 1. The molecule has 0 spiro atoms. The number of hydrogen-bond donors (Lipinski definition) is 1. The van der Waals surface area contributed by atoms with Crippen LogP contribution in [-0.2, 0) is 23.1 Å². The van der Waals surface area contributed by atoms with Crippen LogP contribution in [0.1, 0.15) is 55.0 Å². The van der Waals surface area contributed by atoms with Crippen molar-refractivity contribution in [3.63, 3.8) is 0 Å². The second-order valence-corrected chi connectivity index (χ2v) is 14.1. The molecular formula is C40H48N6O7. The average molecular weight is 725 g/mol. The van der Waals surface area contributed by atoms with Gasteiger partial charge < -0.3 is 23.7 Å². The summed E-state index contributed by atoms with van der Waals surface area (Å²) >= 11 is 0. The maximum absolute atomic E-state index is 13.5. The fourth-order valence-corrected chi connectivity index (χ4v) is 7.74. The monoisotopic (exact) mass is 724 g/mol. The normalized spacial score (nSPS) is 17.7. The number of hydrogen-bond acceptors (Lipinski definition) is 9. The number of carbonyl (C=O) groups excluding carboxylic acids is 3. The van der Waals surface area contributed by atoms with Crippen LogP contribution in [0, 0.1) is 6.92 Å². The third-order valence-electron chi connectivity index (χ3n) is 10.7. The molecule has 0 saturated carbocycles. The van der Waals surface area contributed by atoms with Crippen LogP contribution >= 0.6 is 0 Å². The maximum Gasteiger partial charge on any atom is 0.328 e. The lowest BCUT2D eigenvalue weighted by molar-refractivity contribution is -0.120. The SMILES string of the molecule is COc1cc(-c2cn(C)c(=O)c3cnccc23)cc(OC)c1CN1CCC(OC2CCN(C(=O)c3ccc(C)c(N4CCC(=O)NC4=O)c3)CC2)CC1.[HH]. The summed E-state index contributed by atoms with van der Waals surface area (Å²) < 4.78 is 20.0. The molecule has 3 saturated heterocycles. The summed E-state index contributed by atoms with van der Waals surface area (Å²) in [5.74, 6) is 1.10. The number of carbonyl (C=O) groups is 3. The molecule has 3 aliphatic heterocycles. The van der Waals surface area contributed by atoms with Crippen molar-refractivity contribution in [1.29, 1.82) is 0 Å². The Morgan fingerprint density at radius 2 is 1.58 bits per heavy atom. The van der Waals surface area contributed by atoms with Crippen LogP contribution in [-0.4, -0.2) is 96.3 Å². The first-order valence-corrected chi connectivity index (χ1v) is 18.2. The number of ether oxygens (including phenoxy) is 3. The Balaban J connectivity index is 0.00000497. The third kappa shape index (κ3) is 7.49. The molecule has 3 aliphatic rings. The summed E-state index contributed by atoms with van der Waals surface area (Å²) in [4.78, 5) is 60.3. The number of methoxy groups -OCH3 is 2. The Bertz CT molecular complexity index is 2080. The highest BCUT2D eigenvalue weighted by Gasteiger charge is 2.30. The number of anilines is 1. The first-order chi connectivity index (χ1) is 25.6. The molecule has 2 aromatic heterocycles. The van der Waals surface area contributed by atoms with Crippen molar-refractivity contribution in [2.75, 3.05) is 51.8 Å². The lowest BCUT2D eigenvalue weighted by atomic mass is 9.98. The summed E-state index contributed by atoms with van der Waals surface area (Å²) in [5, 5.41) is 3.74. The van der Waals surface area contributed by atoms with Crippen molar-refractivity contribution in [2.45, 2.75) is 57.8 Å². The largest absolute Gasteiger partial charge is 0.496 e. The molecule has 0 aliphatic carbocycles. The van der Waals surface area contributed by atoms with Crippen molar-refractivity contribution in [2.24, 2.45) is 7.05 Å². The van der Waals surface area contributed by atoms with E-state index in [2.05, 4.69) is 15.2 Å². The van der Waals surface area contributed by atoms with Gasteiger partial charge in [0.05, 0.1) is 37.4 Å². The third-order valence-corrected chi connectivity index (χ3v) is 10.7. The van der Waals surface area contributed by atoms with E-state index in [-0.39, 0.29) is 44.0 Å². The Morgan fingerprint density at radius 1 is 0.906 bits per heavy atom. The standard InChI is InChI=1S/C40H46N6O7.H2/c1-25-5-6-26(19-34(25)46-18-12-37(47)42-40(46)50)38(48)45-16-10-29(11-17-45)53-28-8-14-44(15-9-28)24-33-35(51-3)20-27(21-36(33)52-4)32-23-43(2)39(49)31-22-41-13-7-30(31)32;/h5-7,13,19-23,28-29H,8-12,14-18,24H2,1-4H3,(H,42,47,50);1H. The van der Waals surface area contributed by atoms with Crippen LogP contribution in [0.25, 0.3) is 21.9 Å². The molecule has 4 aromatic rings. The van der Waals surface area contributed by atoms with E-state index in [1.54, 1.807) is 50.4 Å². The summed E-state index contributed by atoms with van der Waals surface area (Å²) in [6, 6.07) is 10.8. The second-order valence-electron chi connectivity index (χ2n) is 14.1. The van der Waals surface area contributed by atoms with E-state index in [1.165, 1.54) is 4.90 Å². The fraction of sp³-hybridized carbons (Fsp3) is 0.425. The average Bonchev–Trinajstić information content (AvgIpc) is 3.17. The summed E-state index contributed by atoms with van der Waals surface area (Å²) in [7, 11) is 5.08. The van der Waals surface area contributed by atoms with Gasteiger partial charge in [0.1, 0.15) is 11.5 Å². The van der Waals surface area contributed by atoms with E-state index in [9.17, 15) is 19.2 Å². The summed E-state index contributed by atoms with van der Waals surface area (Å²) in [5.41, 5.74) is 4.71. The molecule has 7 rings (SSSR count). The Morgan fingerprint density at radius 3 is 2.25 bits per heavy atom. The molecule has 4 amide bonds. The van der Waals surface area contributed by atoms with Crippen molar-refractivity contribution in [3.05, 3.63) is 82.0 Å². The van der Waals surface area contributed by atoms with Crippen LogP contribution in [0.2, 0.25) is 0 Å². The van der Waals surface area contributed by atoms with E-state index < -0.39 is 6.03 Å². The Labute approximate surface area is 309 Å². The van der Waals surface area contributed by atoms with Gasteiger partial charge in [-0.15, -0.1) is 0 Å². The number of urea groups is 1. The number of amides is 4. The molecular weight excluding hydrogens is 676 g/mol. The van der Waals surface area contributed by atoms with E-state index in [0.29, 0.717) is 36.3 Å². The van der Waals surface area contributed by atoms with Crippen LogP contribution in [0.4, 0.5) is 10.5 Å². The molecule has 5 heterocycles. The molecule has 1 N–H and O–H groups in total. The molecule has 0 radical (unpaired) electrons. The summed E-state index contributed by atoms with van der Waals surface area (Å²) in [6.07, 6.45) is 8.96. The number of aromatic nitrogens is 2. The van der Waals surface area contributed by atoms with E-state index >= 15 is 0 Å². The first-order valence-electron chi connectivity index (χ1n) is 18.2. The molecule has 3 fully saturated rings. The predicted molar refractivity (Wildman–Crippen MR) is 203 cm³/mol. The second kappa shape index (κ2) is 15.4. The zero-order valence-electron chi connectivity index (χ0n) is 30.7. The van der Waals surface area contributed by atoms with Crippen molar-refractivity contribution < 1.29 is 30.0 Å². The molecule has 280 valence electrons. The molecule has 0 unspecified atom stereocenters. The van der Waals surface area contributed by atoms with Gasteiger partial charge in [-0.25, -0.2) is 4.79 Å². The Kier molecular flexibility index (Phi) is 10.5. The van der Waals surface area contributed by atoms with Gasteiger partial charge in [-0.1, -0.05) is 6.07 Å². The number of imide groups is 1. The van der Waals surface area contributed by atoms with Gasteiger partial charge in [-0.05, 0) is 79.5 Å². The minimum Gasteiger partial charge on any atom is -0.496 e.